The van der Waals surface area contributed by atoms with Crippen molar-refractivity contribution < 1.29 is 9.90 Å². The summed E-state index contributed by atoms with van der Waals surface area (Å²) in [6, 6.07) is 8.67. The molecule has 154 valence electrons. The predicted molar refractivity (Wildman–Crippen MR) is 115 cm³/mol. The highest BCUT2D eigenvalue weighted by Crippen LogP contribution is 2.58. The van der Waals surface area contributed by atoms with Gasteiger partial charge in [-0.1, -0.05) is 17.7 Å². The number of nitrogens with zero attached hydrogens (tertiary/aromatic N) is 2. The summed E-state index contributed by atoms with van der Waals surface area (Å²) < 4.78 is 0. The van der Waals surface area contributed by atoms with Crippen LogP contribution < -0.4 is 11.1 Å². The lowest BCUT2D eigenvalue weighted by Crippen LogP contribution is -2.56. The Kier molecular flexibility index (Phi) is 4.64. The van der Waals surface area contributed by atoms with Crippen molar-refractivity contribution in [3.05, 3.63) is 65.1 Å². The van der Waals surface area contributed by atoms with Crippen LogP contribution in [-0.4, -0.2) is 27.0 Å². The van der Waals surface area contributed by atoms with Crippen LogP contribution in [0.4, 0.5) is 0 Å². The topological polar surface area (TPSA) is 101 Å². The Hall–Kier alpha value is -2.70. The molecule has 7 heteroatoms. The van der Waals surface area contributed by atoms with Crippen LogP contribution in [-0.2, 0) is 4.79 Å². The molecule has 6 nitrogen and oxygen atoms in total. The number of hydrogen-bond acceptors (Lipinski definition) is 5. The standard InChI is InChI=1S/C23H23ClN4O2/c24-18-7-17(21(29)20-16(18)4-2-6-27-20)19(13-3-1-5-26-12-13)28-22(30)14-8-23(9-14)10-15(25)11-23/h1-7,12,14-15,19,29H,8-11,25H2,(H,28,30). The van der Waals surface area contributed by atoms with Crippen molar-refractivity contribution in [3.8, 4) is 5.75 Å². The zero-order chi connectivity index (χ0) is 20.9. The van der Waals surface area contributed by atoms with Gasteiger partial charge in [0, 0.05) is 41.5 Å². The van der Waals surface area contributed by atoms with Crippen LogP contribution in [0.1, 0.15) is 42.9 Å². The van der Waals surface area contributed by atoms with E-state index in [0.29, 0.717) is 21.5 Å². The second-order valence-electron chi connectivity index (χ2n) is 8.70. The van der Waals surface area contributed by atoms with Gasteiger partial charge in [0.25, 0.3) is 0 Å². The number of carbonyl (C=O) groups is 1. The number of amides is 1. The minimum atomic E-state index is -0.574. The molecular formula is C23H23ClN4O2. The maximum atomic E-state index is 13.1. The lowest BCUT2D eigenvalue weighted by Gasteiger charge is -2.56. The van der Waals surface area contributed by atoms with Gasteiger partial charge in [0.2, 0.25) is 5.91 Å². The first-order chi connectivity index (χ1) is 14.5. The van der Waals surface area contributed by atoms with Crippen molar-refractivity contribution in [1.29, 1.82) is 0 Å². The molecule has 3 aromatic rings. The number of halogens is 1. The normalized spacial score (nSPS) is 26.1. The molecular weight excluding hydrogens is 400 g/mol. The van der Waals surface area contributed by atoms with Gasteiger partial charge in [0.1, 0.15) is 11.3 Å². The zero-order valence-electron chi connectivity index (χ0n) is 16.4. The number of nitrogens with one attached hydrogen (secondary N) is 1. The molecule has 0 bridgehead atoms. The third-order valence-electron chi connectivity index (χ3n) is 6.58. The summed E-state index contributed by atoms with van der Waals surface area (Å²) in [6.07, 6.45) is 8.74. The molecule has 5 rings (SSSR count). The highest BCUT2D eigenvalue weighted by atomic mass is 35.5. The smallest absolute Gasteiger partial charge is 0.223 e. The third-order valence-corrected chi connectivity index (χ3v) is 6.89. The summed E-state index contributed by atoms with van der Waals surface area (Å²) in [5.74, 6) is -0.0429. The molecule has 1 spiro atoms. The highest BCUT2D eigenvalue weighted by Gasteiger charge is 2.53. The van der Waals surface area contributed by atoms with E-state index in [-0.39, 0.29) is 29.0 Å². The van der Waals surface area contributed by atoms with E-state index in [9.17, 15) is 9.90 Å². The fraction of sp³-hybridized carbons (Fsp3) is 0.348. The van der Waals surface area contributed by atoms with E-state index in [1.54, 1.807) is 36.8 Å². The first-order valence-corrected chi connectivity index (χ1v) is 10.6. The van der Waals surface area contributed by atoms with Crippen LogP contribution >= 0.6 is 11.6 Å². The van der Waals surface area contributed by atoms with Gasteiger partial charge in [-0.15, -0.1) is 0 Å². The number of phenolic OH excluding ortho intramolecular Hbond substituents is 1. The van der Waals surface area contributed by atoms with Gasteiger partial charge in [-0.3, -0.25) is 14.8 Å². The molecule has 30 heavy (non-hydrogen) atoms. The van der Waals surface area contributed by atoms with Crippen molar-refractivity contribution in [2.24, 2.45) is 17.1 Å². The van der Waals surface area contributed by atoms with Crippen LogP contribution in [0.15, 0.2) is 48.9 Å². The summed E-state index contributed by atoms with van der Waals surface area (Å²) in [7, 11) is 0. The van der Waals surface area contributed by atoms with Crippen molar-refractivity contribution in [2.75, 3.05) is 0 Å². The second kappa shape index (κ2) is 7.22. The number of aromatic nitrogens is 2. The van der Waals surface area contributed by atoms with Crippen LogP contribution in [0.3, 0.4) is 0 Å². The van der Waals surface area contributed by atoms with Gasteiger partial charge in [0.05, 0.1) is 11.1 Å². The molecule has 0 radical (unpaired) electrons. The average Bonchev–Trinajstić information content (AvgIpc) is 2.71. The number of pyridine rings is 2. The highest BCUT2D eigenvalue weighted by molar-refractivity contribution is 6.35. The number of carbonyl (C=O) groups excluding carboxylic acids is 1. The second-order valence-corrected chi connectivity index (χ2v) is 9.10. The van der Waals surface area contributed by atoms with E-state index in [0.717, 1.165) is 31.2 Å². The Morgan fingerprint density at radius 1 is 1.23 bits per heavy atom. The molecule has 4 N–H and O–H groups in total. The summed E-state index contributed by atoms with van der Waals surface area (Å²) in [4.78, 5) is 21.5. The van der Waals surface area contributed by atoms with Gasteiger partial charge in [0.15, 0.2) is 0 Å². The summed E-state index contributed by atoms with van der Waals surface area (Å²) >= 11 is 6.49. The van der Waals surface area contributed by atoms with Crippen molar-refractivity contribution >= 4 is 28.4 Å². The van der Waals surface area contributed by atoms with Crippen LogP contribution in [0.5, 0.6) is 5.75 Å². The Labute approximate surface area is 179 Å². The molecule has 1 unspecified atom stereocenters. The lowest BCUT2D eigenvalue weighted by atomic mass is 9.50. The number of benzene rings is 1. The fourth-order valence-corrected chi connectivity index (χ4v) is 5.40. The first kappa shape index (κ1) is 19.3. The first-order valence-electron chi connectivity index (χ1n) is 10.2. The largest absolute Gasteiger partial charge is 0.505 e. The summed E-state index contributed by atoms with van der Waals surface area (Å²) in [6.45, 7) is 0. The predicted octanol–water partition coefficient (Wildman–Crippen LogP) is 3.71. The Morgan fingerprint density at radius 3 is 2.70 bits per heavy atom. The average molecular weight is 423 g/mol. The molecule has 0 aliphatic heterocycles. The molecule has 2 heterocycles. The third kappa shape index (κ3) is 3.20. The van der Waals surface area contributed by atoms with Crippen LogP contribution in [0.2, 0.25) is 5.02 Å². The minimum Gasteiger partial charge on any atom is -0.505 e. The van der Waals surface area contributed by atoms with Gasteiger partial charge < -0.3 is 16.2 Å². The molecule has 1 atom stereocenters. The van der Waals surface area contributed by atoms with Crippen molar-refractivity contribution in [3.63, 3.8) is 0 Å². The molecule has 2 aliphatic rings. The minimum absolute atomic E-state index is 0.0131. The maximum absolute atomic E-state index is 13.1. The van der Waals surface area contributed by atoms with E-state index < -0.39 is 6.04 Å². The van der Waals surface area contributed by atoms with E-state index >= 15 is 0 Å². The van der Waals surface area contributed by atoms with Crippen molar-refractivity contribution in [1.82, 2.24) is 15.3 Å². The Bertz CT molecular complexity index is 1110. The van der Waals surface area contributed by atoms with Gasteiger partial charge >= 0.3 is 0 Å². The Morgan fingerprint density at radius 2 is 2.00 bits per heavy atom. The molecule has 2 saturated carbocycles. The number of hydrogen-bond donors (Lipinski definition) is 3. The number of nitrogens with two attached hydrogens (primary N) is 1. The maximum Gasteiger partial charge on any atom is 0.223 e. The van der Waals surface area contributed by atoms with E-state index in [2.05, 4.69) is 15.3 Å². The van der Waals surface area contributed by atoms with Gasteiger partial charge in [-0.25, -0.2) is 0 Å². The SMILES string of the molecule is NC1CC2(C1)CC(C(=O)NC(c1cccnc1)c1cc(Cl)c3cccnc3c1O)C2. The number of rotatable bonds is 4. The fourth-order valence-electron chi connectivity index (χ4n) is 5.13. The zero-order valence-corrected chi connectivity index (χ0v) is 17.1. The van der Waals surface area contributed by atoms with E-state index in [4.69, 9.17) is 17.3 Å². The van der Waals surface area contributed by atoms with Crippen LogP contribution in [0, 0.1) is 11.3 Å². The Balaban J connectivity index is 1.47. The monoisotopic (exact) mass is 422 g/mol. The van der Waals surface area contributed by atoms with E-state index in [1.165, 1.54) is 0 Å². The lowest BCUT2D eigenvalue weighted by molar-refractivity contribution is -0.138. The molecule has 2 fully saturated rings. The molecule has 1 amide bonds. The van der Waals surface area contributed by atoms with Gasteiger partial charge in [-0.2, -0.15) is 0 Å². The molecule has 0 saturated heterocycles. The number of fused-ring (bicyclic) bond motifs is 1. The number of aromatic hydroxyl groups is 1. The summed E-state index contributed by atoms with van der Waals surface area (Å²) in [5, 5.41) is 15.2. The van der Waals surface area contributed by atoms with Gasteiger partial charge in [-0.05, 0) is 60.9 Å². The van der Waals surface area contributed by atoms with Crippen LogP contribution in [0.25, 0.3) is 10.9 Å². The van der Waals surface area contributed by atoms with E-state index in [1.807, 2.05) is 12.1 Å². The van der Waals surface area contributed by atoms with Crippen molar-refractivity contribution in [2.45, 2.75) is 37.8 Å². The molecule has 2 aliphatic carbocycles. The molecule has 2 aromatic heterocycles. The quantitative estimate of drug-likeness (QED) is 0.595. The summed E-state index contributed by atoms with van der Waals surface area (Å²) in [5.41, 5.74) is 7.90. The molecule has 1 aromatic carbocycles. The number of phenols is 1.